The van der Waals surface area contributed by atoms with E-state index in [-0.39, 0.29) is 5.97 Å². The first-order valence-electron chi connectivity index (χ1n) is 5.40. The second kappa shape index (κ2) is 4.69. The Bertz CT molecular complexity index is 385. The van der Waals surface area contributed by atoms with E-state index in [0.717, 1.165) is 25.9 Å². The predicted octanol–water partition coefficient (Wildman–Crippen LogP) is 1.50. The Hall–Kier alpha value is -1.30. The number of carbonyl (C=O) groups is 1. The van der Waals surface area contributed by atoms with Crippen molar-refractivity contribution in [2.45, 2.75) is 19.8 Å². The third kappa shape index (κ3) is 2.11. The molecule has 1 fully saturated rings. The van der Waals surface area contributed by atoms with E-state index in [1.807, 2.05) is 0 Å². The van der Waals surface area contributed by atoms with Crippen LogP contribution in [0.3, 0.4) is 0 Å². The molecular weight excluding hydrogens is 226 g/mol. The predicted molar refractivity (Wildman–Crippen MR) is 63.9 cm³/mol. The van der Waals surface area contributed by atoms with Crippen LogP contribution in [0.1, 0.15) is 29.4 Å². The Morgan fingerprint density at radius 3 is 2.88 bits per heavy atom. The molecule has 0 amide bonds. The maximum atomic E-state index is 11.7. The summed E-state index contributed by atoms with van der Waals surface area (Å²) in [7, 11) is 0. The van der Waals surface area contributed by atoms with Gasteiger partial charge in [0, 0.05) is 13.1 Å². The largest absolute Gasteiger partial charge is 0.462 e. The minimum Gasteiger partial charge on any atom is -0.462 e. The monoisotopic (exact) mass is 241 g/mol. The second-order valence-electron chi connectivity index (χ2n) is 3.62. The number of aromatic nitrogens is 1. The zero-order valence-electron chi connectivity index (χ0n) is 9.23. The number of hydrogen-bond acceptors (Lipinski definition) is 6. The van der Waals surface area contributed by atoms with Crippen molar-refractivity contribution < 1.29 is 9.53 Å². The molecule has 16 heavy (non-hydrogen) atoms. The van der Waals surface area contributed by atoms with Gasteiger partial charge in [-0.25, -0.2) is 9.78 Å². The molecule has 2 heterocycles. The summed E-state index contributed by atoms with van der Waals surface area (Å²) in [4.78, 5) is 18.5. The molecule has 0 aromatic carbocycles. The summed E-state index contributed by atoms with van der Waals surface area (Å²) >= 11 is 1.20. The molecule has 1 aliphatic rings. The van der Waals surface area contributed by atoms with Gasteiger partial charge in [0.25, 0.3) is 0 Å². The fraction of sp³-hybridized carbons (Fsp3) is 0.600. The van der Waals surface area contributed by atoms with Crippen LogP contribution in [0.5, 0.6) is 0 Å². The molecule has 0 atom stereocenters. The SMILES string of the molecule is CCOC(=O)c1sc(N)nc1N1CCCC1. The maximum Gasteiger partial charge on any atom is 0.352 e. The van der Waals surface area contributed by atoms with Crippen LogP contribution in [0.4, 0.5) is 10.9 Å². The number of carbonyl (C=O) groups excluding carboxylic acids is 1. The van der Waals surface area contributed by atoms with E-state index in [2.05, 4.69) is 9.88 Å². The highest BCUT2D eigenvalue weighted by Gasteiger charge is 2.24. The number of thiazole rings is 1. The van der Waals surface area contributed by atoms with Crippen LogP contribution in [-0.2, 0) is 4.74 Å². The molecule has 1 aliphatic heterocycles. The molecule has 0 bridgehead atoms. The quantitative estimate of drug-likeness (QED) is 0.812. The topological polar surface area (TPSA) is 68.5 Å². The zero-order valence-corrected chi connectivity index (χ0v) is 10.0. The van der Waals surface area contributed by atoms with Gasteiger partial charge in [0.1, 0.15) is 0 Å². The first-order chi connectivity index (χ1) is 7.72. The normalized spacial score (nSPS) is 15.4. The summed E-state index contributed by atoms with van der Waals surface area (Å²) in [5, 5.41) is 0.421. The molecule has 0 spiro atoms. The molecule has 1 aromatic heterocycles. The van der Waals surface area contributed by atoms with E-state index < -0.39 is 0 Å². The van der Waals surface area contributed by atoms with Crippen LogP contribution in [0.25, 0.3) is 0 Å². The van der Waals surface area contributed by atoms with Crippen LogP contribution in [-0.4, -0.2) is 30.6 Å². The highest BCUT2D eigenvalue weighted by Crippen LogP contribution is 2.30. The van der Waals surface area contributed by atoms with Crippen LogP contribution < -0.4 is 10.6 Å². The van der Waals surface area contributed by atoms with Gasteiger partial charge in [-0.3, -0.25) is 0 Å². The molecule has 0 saturated carbocycles. The summed E-state index contributed by atoms with van der Waals surface area (Å²) in [5.41, 5.74) is 5.65. The molecule has 1 saturated heterocycles. The number of nitrogens with zero attached hydrogens (tertiary/aromatic N) is 2. The van der Waals surface area contributed by atoms with E-state index in [9.17, 15) is 4.79 Å². The third-order valence-corrected chi connectivity index (χ3v) is 3.35. The first-order valence-corrected chi connectivity index (χ1v) is 6.22. The minimum atomic E-state index is -0.321. The van der Waals surface area contributed by atoms with Crippen LogP contribution >= 0.6 is 11.3 Å². The van der Waals surface area contributed by atoms with E-state index in [1.54, 1.807) is 6.92 Å². The Morgan fingerprint density at radius 2 is 2.25 bits per heavy atom. The highest BCUT2D eigenvalue weighted by atomic mass is 32.1. The summed E-state index contributed by atoms with van der Waals surface area (Å²) < 4.78 is 4.99. The number of rotatable bonds is 3. The molecule has 5 nitrogen and oxygen atoms in total. The minimum absolute atomic E-state index is 0.321. The van der Waals surface area contributed by atoms with Crippen molar-refractivity contribution in [3.63, 3.8) is 0 Å². The van der Waals surface area contributed by atoms with Gasteiger partial charge in [-0.2, -0.15) is 0 Å². The van der Waals surface area contributed by atoms with Gasteiger partial charge in [-0.1, -0.05) is 11.3 Å². The Kier molecular flexibility index (Phi) is 3.28. The number of hydrogen-bond donors (Lipinski definition) is 1. The van der Waals surface area contributed by atoms with Crippen LogP contribution in [0, 0.1) is 0 Å². The fourth-order valence-corrected chi connectivity index (χ4v) is 2.55. The Morgan fingerprint density at radius 1 is 1.56 bits per heavy atom. The Labute approximate surface area is 98.2 Å². The van der Waals surface area contributed by atoms with Gasteiger partial charge in [0.15, 0.2) is 15.8 Å². The van der Waals surface area contributed by atoms with Crippen molar-refractivity contribution in [1.82, 2.24) is 4.98 Å². The highest BCUT2D eigenvalue weighted by molar-refractivity contribution is 7.17. The van der Waals surface area contributed by atoms with Gasteiger partial charge in [0.05, 0.1) is 6.61 Å². The maximum absolute atomic E-state index is 11.7. The third-order valence-electron chi connectivity index (χ3n) is 2.49. The molecule has 6 heteroatoms. The number of ether oxygens (including phenoxy) is 1. The molecule has 0 radical (unpaired) electrons. The van der Waals surface area contributed by atoms with Crippen LogP contribution in [0.15, 0.2) is 0 Å². The molecular formula is C10H15N3O2S. The van der Waals surface area contributed by atoms with Gasteiger partial charge in [-0.15, -0.1) is 0 Å². The Balaban J connectivity index is 2.25. The lowest BCUT2D eigenvalue weighted by Gasteiger charge is -2.15. The lowest BCUT2D eigenvalue weighted by molar-refractivity contribution is 0.0532. The number of nitrogens with two attached hydrogens (primary N) is 1. The first kappa shape index (κ1) is 11.2. The van der Waals surface area contributed by atoms with Crippen molar-refractivity contribution >= 4 is 28.3 Å². The molecule has 2 rings (SSSR count). The zero-order chi connectivity index (χ0) is 11.5. The van der Waals surface area contributed by atoms with Gasteiger partial charge in [-0.05, 0) is 19.8 Å². The van der Waals surface area contributed by atoms with Crippen molar-refractivity contribution in [3.05, 3.63) is 4.88 Å². The molecule has 0 aliphatic carbocycles. The smallest absolute Gasteiger partial charge is 0.352 e. The average molecular weight is 241 g/mol. The van der Waals surface area contributed by atoms with E-state index in [0.29, 0.717) is 22.4 Å². The van der Waals surface area contributed by atoms with Crippen molar-refractivity contribution in [2.75, 3.05) is 30.3 Å². The molecule has 88 valence electrons. The summed E-state index contributed by atoms with van der Waals surface area (Å²) in [6.45, 7) is 4.04. The van der Waals surface area contributed by atoms with Crippen molar-refractivity contribution in [1.29, 1.82) is 0 Å². The van der Waals surface area contributed by atoms with E-state index in [1.165, 1.54) is 11.3 Å². The lowest BCUT2D eigenvalue weighted by atomic mass is 10.4. The van der Waals surface area contributed by atoms with Gasteiger partial charge < -0.3 is 15.4 Å². The van der Waals surface area contributed by atoms with E-state index >= 15 is 0 Å². The molecule has 1 aromatic rings. The van der Waals surface area contributed by atoms with E-state index in [4.69, 9.17) is 10.5 Å². The lowest BCUT2D eigenvalue weighted by Crippen LogP contribution is -2.20. The second-order valence-corrected chi connectivity index (χ2v) is 4.65. The van der Waals surface area contributed by atoms with Crippen LogP contribution in [0.2, 0.25) is 0 Å². The summed E-state index contributed by atoms with van der Waals surface area (Å²) in [5.74, 6) is 0.372. The number of esters is 1. The summed E-state index contributed by atoms with van der Waals surface area (Å²) in [6.07, 6.45) is 2.28. The molecule has 0 unspecified atom stereocenters. The molecule has 2 N–H and O–H groups in total. The van der Waals surface area contributed by atoms with Gasteiger partial charge >= 0.3 is 5.97 Å². The fourth-order valence-electron chi connectivity index (χ4n) is 1.80. The standard InChI is InChI=1S/C10H15N3O2S/c1-2-15-9(14)7-8(12-10(11)16-7)13-5-3-4-6-13/h2-6H2,1H3,(H2,11,12). The number of nitrogen functional groups attached to an aromatic ring is 1. The summed E-state index contributed by atoms with van der Waals surface area (Å²) in [6, 6.07) is 0. The average Bonchev–Trinajstić information content (AvgIpc) is 2.85. The van der Waals surface area contributed by atoms with Crippen molar-refractivity contribution in [2.24, 2.45) is 0 Å². The van der Waals surface area contributed by atoms with Crippen molar-refractivity contribution in [3.8, 4) is 0 Å². The number of anilines is 2. The van der Waals surface area contributed by atoms with Gasteiger partial charge in [0.2, 0.25) is 0 Å².